The quantitative estimate of drug-likeness (QED) is 0.847. The summed E-state index contributed by atoms with van der Waals surface area (Å²) in [4.78, 5) is 2.53. The Bertz CT molecular complexity index is 447. The van der Waals surface area contributed by atoms with E-state index in [0.29, 0.717) is 10.5 Å². The Morgan fingerprint density at radius 3 is 2.65 bits per heavy atom. The third kappa shape index (κ3) is 4.63. The molecular weight excluding hydrogens is 356 g/mol. The van der Waals surface area contributed by atoms with Crippen LogP contribution >= 0.6 is 39.3 Å². The van der Waals surface area contributed by atoms with Gasteiger partial charge >= 0.3 is 0 Å². The van der Waals surface area contributed by atoms with Crippen LogP contribution in [0.15, 0.2) is 22.7 Å². The van der Waals surface area contributed by atoms with Gasteiger partial charge in [-0.2, -0.15) is 11.8 Å². The maximum atomic E-state index is 6.30. The van der Waals surface area contributed by atoms with Crippen LogP contribution in [0.1, 0.15) is 31.9 Å². The minimum atomic E-state index is 0.00999. The van der Waals surface area contributed by atoms with Crippen molar-refractivity contribution in [3.8, 4) is 0 Å². The molecule has 0 aliphatic carbocycles. The van der Waals surface area contributed by atoms with Crippen LogP contribution in [-0.2, 0) is 0 Å². The molecule has 2 rings (SSSR count). The zero-order valence-corrected chi connectivity index (χ0v) is 15.1. The number of rotatable bonds is 4. The molecule has 0 radical (unpaired) electrons. The fourth-order valence-corrected chi connectivity index (χ4v) is 4.95. The lowest BCUT2D eigenvalue weighted by Crippen LogP contribution is -2.41. The summed E-state index contributed by atoms with van der Waals surface area (Å²) in [5.74, 6) is 0. The minimum absolute atomic E-state index is 0.00999. The molecule has 0 bridgehead atoms. The van der Waals surface area contributed by atoms with E-state index >= 15 is 0 Å². The highest BCUT2D eigenvalue weighted by molar-refractivity contribution is 9.10. The largest absolute Gasteiger partial charge is 0.324 e. The zero-order valence-electron chi connectivity index (χ0n) is 12.0. The summed E-state index contributed by atoms with van der Waals surface area (Å²) >= 11 is 11.8. The summed E-state index contributed by atoms with van der Waals surface area (Å²) in [5.41, 5.74) is 7.34. The van der Waals surface area contributed by atoms with E-state index in [2.05, 4.69) is 46.4 Å². The first-order valence-corrected chi connectivity index (χ1v) is 9.15. The van der Waals surface area contributed by atoms with E-state index < -0.39 is 0 Å². The summed E-state index contributed by atoms with van der Waals surface area (Å²) in [6.07, 6.45) is 0.950. The van der Waals surface area contributed by atoms with Gasteiger partial charge in [-0.25, -0.2) is 0 Å². The van der Waals surface area contributed by atoms with Gasteiger partial charge in [-0.1, -0.05) is 47.4 Å². The highest BCUT2D eigenvalue weighted by atomic mass is 79.9. The first kappa shape index (κ1) is 16.6. The molecule has 20 heavy (non-hydrogen) atoms. The lowest BCUT2D eigenvalue weighted by molar-refractivity contribution is 0.260. The molecule has 1 aromatic carbocycles. The molecule has 1 heterocycles. The highest BCUT2D eigenvalue weighted by Gasteiger charge is 2.22. The number of nitrogens with two attached hydrogens (primary N) is 1. The van der Waals surface area contributed by atoms with Crippen molar-refractivity contribution < 1.29 is 0 Å². The molecule has 2 nitrogen and oxygen atoms in total. The van der Waals surface area contributed by atoms with Crippen molar-refractivity contribution in [2.75, 3.05) is 19.6 Å². The van der Waals surface area contributed by atoms with Gasteiger partial charge in [0.05, 0.1) is 0 Å². The molecule has 112 valence electrons. The second-order valence-electron chi connectivity index (χ2n) is 5.58. The van der Waals surface area contributed by atoms with Crippen molar-refractivity contribution in [1.29, 1.82) is 0 Å². The maximum Gasteiger partial charge on any atom is 0.0464 e. The van der Waals surface area contributed by atoms with Gasteiger partial charge in [-0.3, -0.25) is 0 Å². The minimum Gasteiger partial charge on any atom is -0.324 e. The van der Waals surface area contributed by atoms with Crippen molar-refractivity contribution in [2.45, 2.75) is 36.8 Å². The van der Waals surface area contributed by atoms with Crippen molar-refractivity contribution >= 4 is 39.3 Å². The van der Waals surface area contributed by atoms with E-state index in [0.717, 1.165) is 41.1 Å². The molecule has 1 aromatic rings. The average Bonchev–Trinajstić information content (AvgIpc) is 2.35. The van der Waals surface area contributed by atoms with Gasteiger partial charge in [0.15, 0.2) is 0 Å². The number of hydrogen-bond donors (Lipinski definition) is 1. The third-order valence-electron chi connectivity index (χ3n) is 3.61. The van der Waals surface area contributed by atoms with Crippen LogP contribution in [0.25, 0.3) is 0 Å². The topological polar surface area (TPSA) is 29.3 Å². The number of thioether (sulfide) groups is 1. The SMILES string of the molecule is CC1CN(CCC(N)c2ccc(Br)cc2Cl)CC(C)S1. The summed E-state index contributed by atoms with van der Waals surface area (Å²) in [6.45, 7) is 7.98. The Morgan fingerprint density at radius 1 is 1.40 bits per heavy atom. The molecule has 2 N–H and O–H groups in total. The number of hydrogen-bond acceptors (Lipinski definition) is 3. The van der Waals surface area contributed by atoms with Crippen LogP contribution in [0.5, 0.6) is 0 Å². The van der Waals surface area contributed by atoms with E-state index in [1.165, 1.54) is 0 Å². The van der Waals surface area contributed by atoms with Gasteiger partial charge in [0.25, 0.3) is 0 Å². The second-order valence-corrected chi connectivity index (χ2v) is 8.78. The molecule has 1 saturated heterocycles. The van der Waals surface area contributed by atoms with Crippen molar-refractivity contribution in [2.24, 2.45) is 5.73 Å². The Balaban J connectivity index is 1.90. The fraction of sp³-hybridized carbons (Fsp3) is 0.600. The van der Waals surface area contributed by atoms with Crippen molar-refractivity contribution in [1.82, 2.24) is 4.90 Å². The number of halogens is 2. The highest BCUT2D eigenvalue weighted by Crippen LogP contribution is 2.28. The summed E-state index contributed by atoms with van der Waals surface area (Å²) in [5, 5.41) is 2.18. The van der Waals surface area contributed by atoms with Crippen LogP contribution in [0.3, 0.4) is 0 Å². The molecule has 0 spiro atoms. The lowest BCUT2D eigenvalue weighted by Gasteiger charge is -2.35. The Labute approximate surface area is 139 Å². The predicted molar refractivity (Wildman–Crippen MR) is 93.7 cm³/mol. The van der Waals surface area contributed by atoms with E-state index in [1.807, 2.05) is 18.2 Å². The van der Waals surface area contributed by atoms with Gasteiger partial charge in [0.2, 0.25) is 0 Å². The van der Waals surface area contributed by atoms with E-state index in [1.54, 1.807) is 0 Å². The molecule has 1 fully saturated rings. The van der Waals surface area contributed by atoms with Gasteiger partial charge in [0, 0.05) is 45.7 Å². The molecule has 3 unspecified atom stereocenters. The Morgan fingerprint density at radius 2 is 2.05 bits per heavy atom. The Hall–Kier alpha value is 0.260. The Kier molecular flexibility index (Phi) is 6.24. The van der Waals surface area contributed by atoms with Crippen LogP contribution in [0.2, 0.25) is 5.02 Å². The van der Waals surface area contributed by atoms with Gasteiger partial charge in [-0.15, -0.1) is 0 Å². The molecule has 0 amide bonds. The molecule has 0 aromatic heterocycles. The molecule has 0 saturated carbocycles. The molecular formula is C15H22BrClN2S. The standard InChI is InChI=1S/C15H22BrClN2S/c1-10-8-19(9-11(2)20-10)6-5-15(18)13-4-3-12(16)7-14(13)17/h3-4,7,10-11,15H,5-6,8-9,18H2,1-2H3. The number of nitrogens with zero attached hydrogens (tertiary/aromatic N) is 1. The summed E-state index contributed by atoms with van der Waals surface area (Å²) < 4.78 is 0.995. The van der Waals surface area contributed by atoms with E-state index in [4.69, 9.17) is 17.3 Å². The molecule has 1 aliphatic rings. The first-order chi connectivity index (χ1) is 9.45. The zero-order chi connectivity index (χ0) is 14.7. The lowest BCUT2D eigenvalue weighted by atomic mass is 10.0. The molecule has 1 aliphatic heterocycles. The van der Waals surface area contributed by atoms with Crippen LogP contribution in [0, 0.1) is 0 Å². The van der Waals surface area contributed by atoms with E-state index in [9.17, 15) is 0 Å². The summed E-state index contributed by atoms with van der Waals surface area (Å²) in [7, 11) is 0. The smallest absolute Gasteiger partial charge is 0.0464 e. The molecule has 3 atom stereocenters. The predicted octanol–water partition coefficient (Wildman–Crippen LogP) is 4.32. The van der Waals surface area contributed by atoms with Crippen LogP contribution in [-0.4, -0.2) is 35.0 Å². The monoisotopic (exact) mass is 376 g/mol. The van der Waals surface area contributed by atoms with Gasteiger partial charge in [0.1, 0.15) is 0 Å². The number of benzene rings is 1. The van der Waals surface area contributed by atoms with Crippen molar-refractivity contribution in [3.05, 3.63) is 33.3 Å². The van der Waals surface area contributed by atoms with Crippen LogP contribution < -0.4 is 5.73 Å². The van der Waals surface area contributed by atoms with Crippen molar-refractivity contribution in [3.63, 3.8) is 0 Å². The van der Waals surface area contributed by atoms with Crippen LogP contribution in [0.4, 0.5) is 0 Å². The normalized spacial score (nSPS) is 25.6. The third-order valence-corrected chi connectivity index (χ3v) is 5.66. The molecule has 5 heteroatoms. The summed E-state index contributed by atoms with van der Waals surface area (Å²) in [6, 6.07) is 5.95. The first-order valence-electron chi connectivity index (χ1n) is 7.04. The average molecular weight is 378 g/mol. The maximum absolute atomic E-state index is 6.30. The second kappa shape index (κ2) is 7.50. The fourth-order valence-electron chi connectivity index (χ4n) is 2.75. The van der Waals surface area contributed by atoms with Gasteiger partial charge < -0.3 is 10.6 Å². The van der Waals surface area contributed by atoms with E-state index in [-0.39, 0.29) is 6.04 Å². The van der Waals surface area contributed by atoms with Gasteiger partial charge in [-0.05, 0) is 24.1 Å².